The minimum Gasteiger partial charge on any atom is -0.268 e. The molecule has 0 fully saturated rings. The molecule has 0 amide bonds. The molecule has 2 aromatic carbocycles. The fourth-order valence-corrected chi connectivity index (χ4v) is 2.34. The first-order valence-electron chi connectivity index (χ1n) is 5.91. The lowest BCUT2D eigenvalue weighted by atomic mass is 10.1. The van der Waals surface area contributed by atoms with E-state index in [-0.39, 0.29) is 10.8 Å². The number of fused-ring (bicyclic) bond motifs is 1. The molecule has 0 N–H and O–H groups in total. The van der Waals surface area contributed by atoms with Gasteiger partial charge in [-0.1, -0.05) is 29.8 Å². The van der Waals surface area contributed by atoms with E-state index in [1.807, 2.05) is 55.5 Å². The van der Waals surface area contributed by atoms with E-state index >= 15 is 0 Å². The van der Waals surface area contributed by atoms with Crippen molar-refractivity contribution in [3.8, 4) is 5.69 Å². The number of para-hydroxylation sites is 1. The van der Waals surface area contributed by atoms with Gasteiger partial charge in [-0.05, 0) is 42.8 Å². The fraction of sp³-hybridized carbons (Fsp3) is 0.0667. The third kappa shape index (κ3) is 2.02. The Kier molecular flexibility index (Phi) is 2.84. The van der Waals surface area contributed by atoms with Gasteiger partial charge in [-0.25, -0.2) is 4.98 Å². The van der Waals surface area contributed by atoms with E-state index in [4.69, 9.17) is 11.6 Å². The second-order valence-electron chi connectivity index (χ2n) is 4.38. The Hall–Kier alpha value is -2.13. The largest absolute Gasteiger partial charge is 0.268 e. The van der Waals surface area contributed by atoms with Gasteiger partial charge in [0.25, 0.3) is 5.56 Å². The van der Waals surface area contributed by atoms with Crippen molar-refractivity contribution in [2.75, 3.05) is 0 Å². The normalized spacial score (nSPS) is 10.8. The van der Waals surface area contributed by atoms with Crippen molar-refractivity contribution in [3.05, 3.63) is 69.7 Å². The molecule has 0 saturated heterocycles. The van der Waals surface area contributed by atoms with Gasteiger partial charge >= 0.3 is 0 Å². The molecule has 4 heteroatoms. The van der Waals surface area contributed by atoms with Gasteiger partial charge in [-0.2, -0.15) is 0 Å². The molecule has 1 heterocycles. The van der Waals surface area contributed by atoms with E-state index in [9.17, 15) is 4.79 Å². The molecule has 3 rings (SSSR count). The zero-order chi connectivity index (χ0) is 13.4. The van der Waals surface area contributed by atoms with Gasteiger partial charge in [0.1, 0.15) is 0 Å². The van der Waals surface area contributed by atoms with Crippen molar-refractivity contribution in [2.24, 2.45) is 0 Å². The zero-order valence-corrected chi connectivity index (χ0v) is 11.1. The molecule has 19 heavy (non-hydrogen) atoms. The molecule has 0 radical (unpaired) electrons. The minimum absolute atomic E-state index is 0.148. The van der Waals surface area contributed by atoms with Crippen molar-refractivity contribution < 1.29 is 0 Å². The summed E-state index contributed by atoms with van der Waals surface area (Å²) in [6.07, 6.45) is 0. The monoisotopic (exact) mass is 270 g/mol. The van der Waals surface area contributed by atoms with Gasteiger partial charge in [0.05, 0.1) is 16.6 Å². The Labute approximate surface area is 115 Å². The number of halogens is 1. The molecule has 0 spiro atoms. The van der Waals surface area contributed by atoms with Crippen LogP contribution in [-0.4, -0.2) is 9.55 Å². The lowest BCUT2D eigenvalue weighted by Gasteiger charge is -2.09. The van der Waals surface area contributed by atoms with E-state index in [1.165, 1.54) is 4.57 Å². The predicted octanol–water partition coefficient (Wildman–Crippen LogP) is 3.35. The smallest absolute Gasteiger partial charge is 0.266 e. The lowest BCUT2D eigenvalue weighted by molar-refractivity contribution is 0.964. The van der Waals surface area contributed by atoms with Crippen LogP contribution in [0.5, 0.6) is 0 Å². The van der Waals surface area contributed by atoms with Crippen molar-refractivity contribution >= 4 is 22.5 Å². The molecule has 3 aromatic rings. The van der Waals surface area contributed by atoms with Crippen LogP contribution in [-0.2, 0) is 0 Å². The fourth-order valence-electron chi connectivity index (χ4n) is 2.07. The van der Waals surface area contributed by atoms with Crippen LogP contribution >= 0.6 is 11.6 Å². The minimum atomic E-state index is -0.148. The average Bonchev–Trinajstić information content (AvgIpc) is 2.41. The standard InChI is InChI=1S/C15H11ClN2O/c1-10-7-8-13-12(9-10)14(19)18(15(16)17-13)11-5-3-2-4-6-11/h2-9H,1H3. The van der Waals surface area contributed by atoms with Gasteiger partial charge in [0.2, 0.25) is 5.28 Å². The second-order valence-corrected chi connectivity index (χ2v) is 4.72. The summed E-state index contributed by atoms with van der Waals surface area (Å²) in [5.41, 5.74) is 2.21. The maximum absolute atomic E-state index is 12.5. The molecule has 0 aliphatic carbocycles. The van der Waals surface area contributed by atoms with Crippen molar-refractivity contribution in [1.29, 1.82) is 0 Å². The third-order valence-corrected chi connectivity index (χ3v) is 3.25. The second kappa shape index (κ2) is 4.52. The van der Waals surface area contributed by atoms with Crippen LogP contribution in [0.4, 0.5) is 0 Å². The zero-order valence-electron chi connectivity index (χ0n) is 10.3. The first-order chi connectivity index (χ1) is 9.16. The van der Waals surface area contributed by atoms with Gasteiger partial charge < -0.3 is 0 Å². The van der Waals surface area contributed by atoms with Gasteiger partial charge in [-0.3, -0.25) is 9.36 Å². The van der Waals surface area contributed by atoms with E-state index in [0.717, 1.165) is 5.56 Å². The van der Waals surface area contributed by atoms with Gasteiger partial charge in [0, 0.05) is 0 Å². The molecule has 0 aliphatic rings. The summed E-state index contributed by atoms with van der Waals surface area (Å²) in [6.45, 7) is 1.94. The van der Waals surface area contributed by atoms with E-state index < -0.39 is 0 Å². The Morgan fingerprint density at radius 3 is 2.58 bits per heavy atom. The number of rotatable bonds is 1. The quantitative estimate of drug-likeness (QED) is 0.636. The Morgan fingerprint density at radius 1 is 1.11 bits per heavy atom. The number of hydrogen-bond donors (Lipinski definition) is 0. The third-order valence-electron chi connectivity index (χ3n) is 3.00. The average molecular weight is 271 g/mol. The van der Waals surface area contributed by atoms with Crippen LogP contribution in [0.25, 0.3) is 16.6 Å². The summed E-state index contributed by atoms with van der Waals surface area (Å²) >= 11 is 6.13. The Bertz CT molecular complexity index is 809. The number of aryl methyl sites for hydroxylation is 1. The lowest BCUT2D eigenvalue weighted by Crippen LogP contribution is -2.20. The molecule has 1 aromatic heterocycles. The molecule has 0 aliphatic heterocycles. The molecule has 0 unspecified atom stereocenters. The highest BCUT2D eigenvalue weighted by Gasteiger charge is 2.10. The van der Waals surface area contributed by atoms with Crippen LogP contribution in [0.1, 0.15) is 5.56 Å². The molecular weight excluding hydrogens is 260 g/mol. The number of benzene rings is 2. The highest BCUT2D eigenvalue weighted by Crippen LogP contribution is 2.16. The Morgan fingerprint density at radius 2 is 1.84 bits per heavy atom. The van der Waals surface area contributed by atoms with Crippen LogP contribution in [0, 0.1) is 6.92 Å². The van der Waals surface area contributed by atoms with E-state index in [1.54, 1.807) is 0 Å². The van der Waals surface area contributed by atoms with Crippen LogP contribution in [0.2, 0.25) is 5.28 Å². The molecule has 94 valence electrons. The maximum atomic E-state index is 12.5. The van der Waals surface area contributed by atoms with Crippen LogP contribution in [0.15, 0.2) is 53.3 Å². The molecule has 3 nitrogen and oxygen atoms in total. The first kappa shape index (κ1) is 11.9. The summed E-state index contributed by atoms with van der Waals surface area (Å²) in [5.74, 6) is 0. The summed E-state index contributed by atoms with van der Waals surface area (Å²) in [5, 5.41) is 0.751. The summed E-state index contributed by atoms with van der Waals surface area (Å²) in [6, 6.07) is 14.8. The molecule has 0 saturated carbocycles. The van der Waals surface area contributed by atoms with Crippen molar-refractivity contribution in [1.82, 2.24) is 9.55 Å². The molecular formula is C15H11ClN2O. The predicted molar refractivity (Wildman–Crippen MR) is 77.1 cm³/mol. The van der Waals surface area contributed by atoms with Crippen molar-refractivity contribution in [2.45, 2.75) is 6.92 Å². The highest BCUT2D eigenvalue weighted by molar-refractivity contribution is 6.29. The first-order valence-corrected chi connectivity index (χ1v) is 6.29. The van der Waals surface area contributed by atoms with E-state index in [0.29, 0.717) is 16.6 Å². The summed E-state index contributed by atoms with van der Waals surface area (Å²) in [4.78, 5) is 16.8. The summed E-state index contributed by atoms with van der Waals surface area (Å²) < 4.78 is 1.42. The topological polar surface area (TPSA) is 34.9 Å². The van der Waals surface area contributed by atoms with E-state index in [2.05, 4.69) is 4.98 Å². The van der Waals surface area contributed by atoms with Crippen molar-refractivity contribution in [3.63, 3.8) is 0 Å². The molecule has 0 bridgehead atoms. The maximum Gasteiger partial charge on any atom is 0.266 e. The SMILES string of the molecule is Cc1ccc2nc(Cl)n(-c3ccccc3)c(=O)c2c1. The van der Waals surface area contributed by atoms with Crippen LogP contribution in [0.3, 0.4) is 0 Å². The number of hydrogen-bond acceptors (Lipinski definition) is 2. The highest BCUT2D eigenvalue weighted by atomic mass is 35.5. The number of aromatic nitrogens is 2. The Balaban J connectivity index is 2.41. The number of nitrogens with zero attached hydrogens (tertiary/aromatic N) is 2. The molecule has 0 atom stereocenters. The van der Waals surface area contributed by atoms with Crippen LogP contribution < -0.4 is 5.56 Å². The van der Waals surface area contributed by atoms with Gasteiger partial charge in [0.15, 0.2) is 0 Å². The van der Waals surface area contributed by atoms with Gasteiger partial charge in [-0.15, -0.1) is 0 Å². The summed E-state index contributed by atoms with van der Waals surface area (Å²) in [7, 11) is 0.